The lowest BCUT2D eigenvalue weighted by Crippen LogP contribution is -2.22. The highest BCUT2D eigenvalue weighted by atomic mass is 32.1. The van der Waals surface area contributed by atoms with E-state index in [4.69, 9.17) is 15.0 Å². The van der Waals surface area contributed by atoms with Gasteiger partial charge in [-0.15, -0.1) is 11.3 Å². The minimum atomic E-state index is -0.381. The molecule has 328 valence electrons. The van der Waals surface area contributed by atoms with Gasteiger partial charge in [0.2, 0.25) is 0 Å². The fourth-order valence-corrected chi connectivity index (χ4v) is 12.4. The van der Waals surface area contributed by atoms with Crippen LogP contribution in [0.5, 0.6) is 0 Å². The third-order valence-corrected chi connectivity index (χ3v) is 15.8. The second-order valence-electron chi connectivity index (χ2n) is 18.4. The summed E-state index contributed by atoms with van der Waals surface area (Å²) in [5.41, 5.74) is 16.5. The highest BCUT2D eigenvalue weighted by molar-refractivity contribution is 7.26. The van der Waals surface area contributed by atoms with Crippen molar-refractivity contribution in [2.75, 3.05) is 0 Å². The van der Waals surface area contributed by atoms with Crippen LogP contribution in [0.4, 0.5) is 0 Å². The molecule has 3 heterocycles. The summed E-state index contributed by atoms with van der Waals surface area (Å²) in [6.45, 7) is 2.36. The number of fused-ring (bicyclic) bond motifs is 9. The molecule has 0 bridgehead atoms. The molecule has 14 rings (SSSR count). The normalized spacial score (nSPS) is 14.1. The Kier molecular flexibility index (Phi) is 9.16. The van der Waals surface area contributed by atoms with Crippen LogP contribution in [-0.4, -0.2) is 19.5 Å². The van der Waals surface area contributed by atoms with Crippen LogP contribution in [0.1, 0.15) is 23.6 Å². The predicted molar refractivity (Wildman–Crippen MR) is 292 cm³/mol. The summed E-state index contributed by atoms with van der Waals surface area (Å²) in [7, 11) is 0. The number of para-hydroxylation sites is 1. The summed E-state index contributed by atoms with van der Waals surface area (Å²) >= 11 is 1.79. The van der Waals surface area contributed by atoms with Crippen molar-refractivity contribution in [3.8, 4) is 73.2 Å². The Morgan fingerprint density at radius 3 is 1.57 bits per heavy atom. The molecule has 0 spiro atoms. The molecule has 1 aliphatic rings. The zero-order valence-electron chi connectivity index (χ0n) is 38.2. The van der Waals surface area contributed by atoms with Gasteiger partial charge in [0.05, 0.1) is 16.7 Å². The molecule has 0 aliphatic heterocycles. The molecule has 5 heteroatoms. The van der Waals surface area contributed by atoms with Gasteiger partial charge in [0.1, 0.15) is 0 Å². The first-order valence-electron chi connectivity index (χ1n) is 23.8. The molecule has 3 aromatic heterocycles. The Morgan fingerprint density at radius 2 is 0.871 bits per heavy atom. The number of thiophene rings is 1. The van der Waals surface area contributed by atoms with E-state index in [9.17, 15) is 0 Å². The van der Waals surface area contributed by atoms with E-state index in [1.54, 1.807) is 11.3 Å². The Bertz CT molecular complexity index is 4100. The third kappa shape index (κ3) is 6.18. The molecule has 1 aliphatic carbocycles. The van der Waals surface area contributed by atoms with Gasteiger partial charge in [0.15, 0.2) is 17.5 Å². The summed E-state index contributed by atoms with van der Waals surface area (Å²) in [4.78, 5) is 16.7. The van der Waals surface area contributed by atoms with Crippen molar-refractivity contribution in [1.29, 1.82) is 0 Å². The van der Waals surface area contributed by atoms with E-state index in [1.807, 2.05) is 0 Å². The first-order valence-corrected chi connectivity index (χ1v) is 24.7. The minimum absolute atomic E-state index is 0.381. The Labute approximate surface area is 409 Å². The molecule has 0 fully saturated rings. The zero-order chi connectivity index (χ0) is 46.3. The van der Waals surface area contributed by atoms with Gasteiger partial charge in [-0.3, -0.25) is 0 Å². The molecule has 1 atom stereocenters. The molecular weight excluding hydrogens is 869 g/mol. The number of hydrogen-bond donors (Lipinski definition) is 0. The average Bonchev–Trinajstić information content (AvgIpc) is 4.07. The lowest BCUT2D eigenvalue weighted by molar-refractivity contribution is 0.714. The number of benzene rings is 10. The number of hydrogen-bond acceptors (Lipinski definition) is 4. The van der Waals surface area contributed by atoms with Crippen LogP contribution in [0.15, 0.2) is 237 Å². The lowest BCUT2D eigenvalue weighted by atomic mass is 9.74. The van der Waals surface area contributed by atoms with Crippen LogP contribution in [0.25, 0.3) is 115 Å². The summed E-state index contributed by atoms with van der Waals surface area (Å²) in [6.07, 6.45) is 0. The summed E-state index contributed by atoms with van der Waals surface area (Å²) in [5.74, 6) is 1.89. The SMILES string of the molecule is CC1(c2ccccc2)c2ccccc2-c2c(-c3nc(-c4ccccc4-n4c5ccc(-c6ccccc6)cc5c5cc(-c6ccccc6)ccc54)nc(-c4cccc5c4sc4ccccc45)n3)cccc21. The van der Waals surface area contributed by atoms with E-state index in [-0.39, 0.29) is 5.41 Å². The summed E-state index contributed by atoms with van der Waals surface area (Å²) in [6, 6.07) is 85.2. The first-order chi connectivity index (χ1) is 34.6. The quantitative estimate of drug-likeness (QED) is 0.160. The molecule has 0 radical (unpaired) electrons. The van der Waals surface area contributed by atoms with E-state index in [2.05, 4.69) is 248 Å². The maximum atomic E-state index is 5.60. The fourth-order valence-electron chi connectivity index (χ4n) is 11.2. The fraction of sp³-hybridized carbons (Fsp3) is 0.0308. The molecule has 0 N–H and O–H groups in total. The van der Waals surface area contributed by atoms with E-state index in [0.717, 1.165) is 43.7 Å². The van der Waals surface area contributed by atoms with E-state index in [1.165, 1.54) is 70.8 Å². The van der Waals surface area contributed by atoms with Crippen LogP contribution in [0.2, 0.25) is 0 Å². The van der Waals surface area contributed by atoms with Crippen molar-refractivity contribution in [3.63, 3.8) is 0 Å². The maximum Gasteiger partial charge on any atom is 0.166 e. The molecule has 4 nitrogen and oxygen atoms in total. The Balaban J connectivity index is 1.04. The number of aromatic nitrogens is 4. The van der Waals surface area contributed by atoms with Gasteiger partial charge in [-0.05, 0) is 106 Å². The van der Waals surface area contributed by atoms with Crippen LogP contribution in [0.3, 0.4) is 0 Å². The smallest absolute Gasteiger partial charge is 0.166 e. The van der Waals surface area contributed by atoms with Crippen molar-refractivity contribution in [2.24, 2.45) is 0 Å². The number of rotatable bonds is 7. The molecule has 0 amide bonds. The van der Waals surface area contributed by atoms with Crippen LogP contribution in [-0.2, 0) is 5.41 Å². The van der Waals surface area contributed by atoms with Gasteiger partial charge in [-0.2, -0.15) is 0 Å². The molecule has 10 aromatic carbocycles. The zero-order valence-corrected chi connectivity index (χ0v) is 39.0. The molecule has 1 unspecified atom stereocenters. The lowest BCUT2D eigenvalue weighted by Gasteiger charge is -2.28. The molecule has 0 saturated carbocycles. The van der Waals surface area contributed by atoms with Crippen LogP contribution < -0.4 is 0 Å². The van der Waals surface area contributed by atoms with Crippen molar-refractivity contribution in [1.82, 2.24) is 19.5 Å². The van der Waals surface area contributed by atoms with E-state index >= 15 is 0 Å². The third-order valence-electron chi connectivity index (χ3n) is 14.6. The highest BCUT2D eigenvalue weighted by Crippen LogP contribution is 2.55. The van der Waals surface area contributed by atoms with Crippen molar-refractivity contribution < 1.29 is 0 Å². The van der Waals surface area contributed by atoms with Gasteiger partial charge in [-0.25, -0.2) is 15.0 Å². The number of nitrogens with zero attached hydrogens (tertiary/aromatic N) is 4. The first kappa shape index (κ1) is 40.3. The topological polar surface area (TPSA) is 43.6 Å². The van der Waals surface area contributed by atoms with Gasteiger partial charge < -0.3 is 4.57 Å². The largest absolute Gasteiger partial charge is 0.309 e. The second kappa shape index (κ2) is 15.9. The predicted octanol–water partition coefficient (Wildman–Crippen LogP) is 17.0. The summed E-state index contributed by atoms with van der Waals surface area (Å²) in [5, 5.41) is 4.79. The van der Waals surface area contributed by atoms with Gasteiger partial charge in [-0.1, -0.05) is 188 Å². The van der Waals surface area contributed by atoms with Gasteiger partial charge in [0, 0.05) is 53.1 Å². The average molecular weight is 911 g/mol. The summed E-state index contributed by atoms with van der Waals surface area (Å²) < 4.78 is 4.80. The molecular formula is C65H42N4S. The molecule has 13 aromatic rings. The van der Waals surface area contributed by atoms with Crippen LogP contribution in [0, 0.1) is 0 Å². The molecule has 70 heavy (non-hydrogen) atoms. The van der Waals surface area contributed by atoms with E-state index < -0.39 is 0 Å². The van der Waals surface area contributed by atoms with Crippen molar-refractivity contribution in [3.05, 3.63) is 253 Å². The molecule has 0 saturated heterocycles. The standard InChI is InChI=1S/C65H42N4S/c1-65(45-23-9-4-10-24-45)54-31-14-11-26-48(54)60-50(29-18-32-55(60)65)63-66-62(67-64(68-63)51-30-17-28-47-46-25-13-16-34-59(46)70-61(47)51)49-27-12-15-33-56(49)69-57-37-35-43(41-19-5-2-6-20-41)39-52(57)53-40-44(36-38-58(53)69)42-21-7-3-8-22-42/h2-40H,1H3. The van der Waals surface area contributed by atoms with Crippen molar-refractivity contribution in [2.45, 2.75) is 12.3 Å². The monoisotopic (exact) mass is 910 g/mol. The maximum absolute atomic E-state index is 5.60. The minimum Gasteiger partial charge on any atom is -0.309 e. The second-order valence-corrected chi connectivity index (χ2v) is 19.5. The Morgan fingerprint density at radius 1 is 0.371 bits per heavy atom. The highest BCUT2D eigenvalue weighted by Gasteiger charge is 2.42. The van der Waals surface area contributed by atoms with Crippen molar-refractivity contribution >= 4 is 53.3 Å². The van der Waals surface area contributed by atoms with Crippen LogP contribution >= 0.6 is 11.3 Å². The van der Waals surface area contributed by atoms with Gasteiger partial charge >= 0.3 is 0 Å². The van der Waals surface area contributed by atoms with E-state index in [0.29, 0.717) is 17.5 Å². The Hall–Kier alpha value is -8.77. The van der Waals surface area contributed by atoms with Gasteiger partial charge in [0.25, 0.3) is 0 Å².